The Balaban J connectivity index is 1.64. The van der Waals surface area contributed by atoms with Crippen LogP contribution in [0.25, 0.3) is 33.9 Å². The highest BCUT2D eigenvalue weighted by Crippen LogP contribution is 2.47. The molecule has 194 valence electrons. The van der Waals surface area contributed by atoms with E-state index in [4.69, 9.17) is 0 Å². The summed E-state index contributed by atoms with van der Waals surface area (Å²) in [6, 6.07) is 7.35. The Morgan fingerprint density at radius 1 is 0.946 bits per heavy atom. The van der Waals surface area contributed by atoms with Gasteiger partial charge in [-0.15, -0.1) is 0 Å². The molecule has 1 aromatic heterocycles. The maximum Gasteiger partial charge on any atom is 0.417 e. The Bertz CT molecular complexity index is 1570. The Labute approximate surface area is 207 Å². The van der Waals surface area contributed by atoms with Gasteiger partial charge in [-0.05, 0) is 54.2 Å². The molecule has 0 unspecified atom stereocenters. The second kappa shape index (κ2) is 8.57. The van der Waals surface area contributed by atoms with Gasteiger partial charge in [-0.1, -0.05) is 19.1 Å². The lowest BCUT2D eigenvalue weighted by Crippen LogP contribution is -2.09. The van der Waals surface area contributed by atoms with E-state index in [2.05, 4.69) is 15.0 Å². The van der Waals surface area contributed by atoms with Crippen molar-refractivity contribution < 1.29 is 34.8 Å². The summed E-state index contributed by atoms with van der Waals surface area (Å²) >= 11 is 0. The minimum atomic E-state index is -4.61. The summed E-state index contributed by atoms with van der Waals surface area (Å²) in [4.78, 5) is 10.6. The molecule has 5 nitrogen and oxygen atoms in total. The summed E-state index contributed by atoms with van der Waals surface area (Å²) in [7, 11) is -3.94. The third-order valence-corrected chi connectivity index (χ3v) is 8.06. The van der Waals surface area contributed by atoms with Gasteiger partial charge in [0.25, 0.3) is 0 Å². The number of nitrogens with one attached hydrogen (secondary N) is 1. The number of H-pyrrole nitrogens is 1. The van der Waals surface area contributed by atoms with Crippen LogP contribution >= 0.6 is 0 Å². The number of fused-ring (bicyclic) bond motifs is 1. The van der Waals surface area contributed by atoms with Crippen molar-refractivity contribution >= 4 is 9.84 Å². The molecule has 1 N–H and O–H groups in total. The molecule has 0 saturated heterocycles. The highest BCUT2D eigenvalue weighted by molar-refractivity contribution is 7.91. The van der Waals surface area contributed by atoms with E-state index in [0.29, 0.717) is 12.8 Å². The molecule has 12 heteroatoms. The van der Waals surface area contributed by atoms with Gasteiger partial charge >= 0.3 is 12.4 Å². The Kier molecular flexibility index (Phi) is 5.85. The highest BCUT2D eigenvalue weighted by Gasteiger charge is 2.38. The first-order valence-electron chi connectivity index (χ1n) is 11.3. The number of nitrogens with zero attached hydrogens (tertiary/aromatic N) is 2. The number of hydrogen-bond donors (Lipinski definition) is 1. The fourth-order valence-corrected chi connectivity index (χ4v) is 5.28. The molecule has 1 aromatic carbocycles. The third kappa shape index (κ3) is 4.81. The standard InChI is InChI=1S/C25H19F6N3O2S/c1-2-37(35,36)22-8-15(14-5-6-17(13-3-4-13)18(7-14)25(29,30)31)11-33-23(22)21-10-19-20(34-21)9-16(12-32-19)24(26,27)28/h5-13,32H,2-4H2,1H3. The van der Waals surface area contributed by atoms with Crippen molar-refractivity contribution in [1.82, 2.24) is 15.0 Å². The van der Waals surface area contributed by atoms with E-state index in [1.807, 2.05) is 0 Å². The molecule has 2 aromatic rings. The van der Waals surface area contributed by atoms with E-state index in [1.54, 1.807) is 0 Å². The second-order valence-corrected chi connectivity index (χ2v) is 11.1. The molecular formula is C25H19F6N3O2S. The van der Waals surface area contributed by atoms with Gasteiger partial charge in [0.2, 0.25) is 0 Å². The molecular weight excluding hydrogens is 520 g/mol. The van der Waals surface area contributed by atoms with Gasteiger partial charge in [0.05, 0.1) is 38.9 Å². The normalized spacial score (nSPS) is 14.9. The van der Waals surface area contributed by atoms with Crippen LogP contribution in [-0.4, -0.2) is 29.1 Å². The molecule has 5 rings (SSSR count). The van der Waals surface area contributed by atoms with E-state index in [-0.39, 0.29) is 56.0 Å². The topological polar surface area (TPSA) is 75.7 Å². The van der Waals surface area contributed by atoms with Crippen LogP contribution in [0.5, 0.6) is 0 Å². The Morgan fingerprint density at radius 3 is 2.30 bits per heavy atom. The molecule has 2 aliphatic heterocycles. The zero-order valence-corrected chi connectivity index (χ0v) is 20.0. The van der Waals surface area contributed by atoms with Crippen LogP contribution in [0.3, 0.4) is 0 Å². The van der Waals surface area contributed by atoms with Gasteiger partial charge in [-0.25, -0.2) is 13.4 Å². The Morgan fingerprint density at radius 2 is 1.68 bits per heavy atom. The van der Waals surface area contributed by atoms with Gasteiger partial charge in [0.1, 0.15) is 5.69 Å². The largest absolute Gasteiger partial charge is 0.417 e. The predicted molar refractivity (Wildman–Crippen MR) is 124 cm³/mol. The van der Waals surface area contributed by atoms with Gasteiger partial charge in [0.15, 0.2) is 9.84 Å². The monoisotopic (exact) mass is 539 g/mol. The van der Waals surface area contributed by atoms with Crippen molar-refractivity contribution in [2.45, 2.75) is 42.9 Å². The van der Waals surface area contributed by atoms with Crippen LogP contribution in [0.1, 0.15) is 42.4 Å². The van der Waals surface area contributed by atoms with E-state index >= 15 is 0 Å². The first-order valence-corrected chi connectivity index (χ1v) is 12.9. The zero-order chi connectivity index (χ0) is 26.8. The fraction of sp³-hybridized carbons (Fsp3) is 0.280. The van der Waals surface area contributed by atoms with Crippen molar-refractivity contribution in [2.24, 2.45) is 0 Å². The predicted octanol–water partition coefficient (Wildman–Crippen LogP) is 6.95. The molecule has 0 amide bonds. The quantitative estimate of drug-likeness (QED) is 0.279. The summed E-state index contributed by atoms with van der Waals surface area (Å²) in [5.74, 6) is -0.473. The lowest BCUT2D eigenvalue weighted by molar-refractivity contribution is -0.138. The zero-order valence-electron chi connectivity index (χ0n) is 19.2. The minimum Gasteiger partial charge on any atom is -0.359 e. The molecule has 0 atom stereocenters. The van der Waals surface area contributed by atoms with Crippen molar-refractivity contribution in [3.63, 3.8) is 0 Å². The number of pyridine rings is 2. The summed E-state index contributed by atoms with van der Waals surface area (Å²) < 4.78 is 106. The Hall–Kier alpha value is -3.41. The molecule has 3 aliphatic rings. The van der Waals surface area contributed by atoms with Crippen molar-refractivity contribution in [1.29, 1.82) is 0 Å². The van der Waals surface area contributed by atoms with Gasteiger partial charge in [0, 0.05) is 18.0 Å². The molecule has 0 spiro atoms. The van der Waals surface area contributed by atoms with Gasteiger partial charge < -0.3 is 4.98 Å². The van der Waals surface area contributed by atoms with Crippen molar-refractivity contribution in [3.05, 3.63) is 65.5 Å². The fourth-order valence-electron chi connectivity index (χ4n) is 4.21. The minimum absolute atomic E-state index is 0.0178. The van der Waals surface area contributed by atoms with Gasteiger partial charge in [-0.3, -0.25) is 4.98 Å². The summed E-state index contributed by atoms with van der Waals surface area (Å²) in [5, 5.41) is 0. The molecule has 0 bridgehead atoms. The molecule has 37 heavy (non-hydrogen) atoms. The highest BCUT2D eigenvalue weighted by atomic mass is 32.2. The molecule has 1 fully saturated rings. The number of benzene rings is 1. The summed E-state index contributed by atoms with van der Waals surface area (Å²) in [6.45, 7) is 1.40. The van der Waals surface area contributed by atoms with Crippen LogP contribution in [0.15, 0.2) is 53.7 Å². The number of rotatable bonds is 5. The van der Waals surface area contributed by atoms with Crippen LogP contribution in [0.2, 0.25) is 0 Å². The molecule has 3 heterocycles. The molecule has 1 aliphatic carbocycles. The second-order valence-electron chi connectivity index (χ2n) is 8.87. The van der Waals surface area contributed by atoms with Crippen LogP contribution < -0.4 is 0 Å². The van der Waals surface area contributed by atoms with Crippen molar-refractivity contribution in [2.75, 3.05) is 5.75 Å². The maximum atomic E-state index is 13.8. The van der Waals surface area contributed by atoms with Crippen LogP contribution in [0.4, 0.5) is 26.3 Å². The van der Waals surface area contributed by atoms with E-state index in [0.717, 1.165) is 18.3 Å². The number of hydrogen-bond acceptors (Lipinski definition) is 4. The first kappa shape index (κ1) is 25.2. The molecule has 1 saturated carbocycles. The van der Waals surface area contributed by atoms with E-state index in [9.17, 15) is 34.8 Å². The van der Waals surface area contributed by atoms with Crippen LogP contribution in [-0.2, 0) is 22.2 Å². The molecule has 0 radical (unpaired) electrons. The number of halogens is 6. The average molecular weight is 540 g/mol. The van der Waals surface area contributed by atoms with E-state index < -0.39 is 33.3 Å². The SMILES string of the molecule is CCS(=O)(=O)c1cc(-c2ccc(C3CC3)c(C(F)(F)F)c2)cnc1-c1cc2[nH]cc(C(F)(F)F)cc-2n1. The lowest BCUT2D eigenvalue weighted by Gasteiger charge is -2.15. The van der Waals surface area contributed by atoms with Crippen molar-refractivity contribution in [3.8, 4) is 33.9 Å². The third-order valence-electron chi connectivity index (χ3n) is 6.32. The summed E-state index contributed by atoms with van der Waals surface area (Å²) in [5.41, 5.74) is -1.10. The number of sulfone groups is 1. The first-order chi connectivity index (χ1) is 17.3. The smallest absolute Gasteiger partial charge is 0.359 e. The average Bonchev–Trinajstić information content (AvgIpc) is 3.60. The number of aromatic amines is 1. The van der Waals surface area contributed by atoms with Gasteiger partial charge in [-0.2, -0.15) is 26.3 Å². The number of aromatic nitrogens is 3. The number of alkyl halides is 6. The summed E-state index contributed by atoms with van der Waals surface area (Å²) in [6.07, 6.45) is -5.81. The lowest BCUT2D eigenvalue weighted by atomic mass is 9.97. The van der Waals surface area contributed by atoms with E-state index in [1.165, 1.54) is 37.4 Å². The van der Waals surface area contributed by atoms with Crippen LogP contribution in [0, 0.1) is 0 Å². The maximum absolute atomic E-state index is 13.8.